The quantitative estimate of drug-likeness (QED) is 0.137. The van der Waals surface area contributed by atoms with Crippen LogP contribution in [0.2, 0.25) is 0 Å². The molecule has 23 aromatic rings. The Balaban J connectivity index is 0.610. The molecule has 0 fully saturated rings. The van der Waals surface area contributed by atoms with E-state index in [1.807, 2.05) is 46.1 Å². The van der Waals surface area contributed by atoms with Crippen molar-refractivity contribution in [2.45, 2.75) is 0 Å². The molecule has 494 valence electrons. The van der Waals surface area contributed by atoms with Crippen molar-refractivity contribution >= 4 is 216 Å². The summed E-state index contributed by atoms with van der Waals surface area (Å²) in [5, 5.41) is 18.8. The third-order valence-electron chi connectivity index (χ3n) is 21.9. The molecule has 0 aliphatic rings. The van der Waals surface area contributed by atoms with Crippen LogP contribution in [0.5, 0.6) is 0 Å². The van der Waals surface area contributed by atoms with Crippen molar-refractivity contribution < 1.29 is 13.3 Å². The minimum absolute atomic E-state index is 0.877. The molecule has 0 atom stereocenters. The standard InChI is InChI=1S/C98H56N2O3S3/c1-3-17-57(18-4-1)66-22-9-12-30-81(66)100(63-40-33-59(34-41-63)68-26-15-29-75-72-24-10-13-31-82(72)101-95(68)75)65-43-45-78-89(56-65)105-87-54-50-80-91-73-28-16-27-70(71(73)48-52-84(91)103-97(80)94(78)87)74-47-46-69(98-92(74)76-25-11-14-32-85(76)106-98)60-35-38-62(39-36-60)99(61-20-5-2-6-21-61)64-42-44-77-88(55-64)104-86-53-49-79-90-67-23-8-7-19-58(67)37-51-83(90)102-96(79)93(77)86/h1-56H. The molecule has 0 saturated carbocycles. The topological polar surface area (TPSA) is 45.9 Å². The molecule has 0 aliphatic carbocycles. The average Bonchev–Trinajstić information content (AvgIpc) is 1.56. The van der Waals surface area contributed by atoms with Gasteiger partial charge in [0.2, 0.25) is 0 Å². The molecule has 0 radical (unpaired) electrons. The predicted molar refractivity (Wildman–Crippen MR) is 453 cm³/mol. The Morgan fingerprint density at radius 3 is 1.43 bits per heavy atom. The van der Waals surface area contributed by atoms with Gasteiger partial charge in [-0.05, 0) is 170 Å². The van der Waals surface area contributed by atoms with Crippen LogP contribution in [0.4, 0.5) is 34.1 Å². The van der Waals surface area contributed by atoms with Gasteiger partial charge in [0, 0.05) is 132 Å². The van der Waals surface area contributed by atoms with Gasteiger partial charge in [0.15, 0.2) is 0 Å². The molecule has 6 heterocycles. The molecule has 0 N–H and O–H groups in total. The van der Waals surface area contributed by atoms with Gasteiger partial charge in [-0.2, -0.15) is 0 Å². The highest BCUT2D eigenvalue weighted by molar-refractivity contribution is 7.27. The zero-order valence-corrected chi connectivity index (χ0v) is 59.1. The van der Waals surface area contributed by atoms with Crippen LogP contribution in [0.25, 0.3) is 192 Å². The number of rotatable bonds is 10. The van der Waals surface area contributed by atoms with Crippen molar-refractivity contribution in [1.29, 1.82) is 0 Å². The molecule has 0 unspecified atom stereocenters. The summed E-state index contributed by atoms with van der Waals surface area (Å²) in [6, 6.07) is 124. The molecular weight excluding hydrogens is 1350 g/mol. The molecular formula is C98H56N2O3S3. The summed E-state index contributed by atoms with van der Waals surface area (Å²) < 4.78 is 27.8. The number of nitrogens with zero attached hydrogens (tertiary/aromatic N) is 2. The average molecular weight is 1410 g/mol. The Morgan fingerprint density at radius 2 is 0.698 bits per heavy atom. The van der Waals surface area contributed by atoms with E-state index in [1.54, 1.807) is 0 Å². The van der Waals surface area contributed by atoms with Crippen LogP contribution in [-0.4, -0.2) is 0 Å². The molecule has 0 spiro atoms. The van der Waals surface area contributed by atoms with Crippen LogP contribution < -0.4 is 9.80 Å². The van der Waals surface area contributed by atoms with Crippen molar-refractivity contribution in [2.75, 3.05) is 9.80 Å². The third-order valence-corrected chi connectivity index (χ3v) is 25.3. The monoisotopic (exact) mass is 1400 g/mol. The van der Waals surface area contributed by atoms with Crippen molar-refractivity contribution in [3.63, 3.8) is 0 Å². The van der Waals surface area contributed by atoms with E-state index in [0.29, 0.717) is 0 Å². The van der Waals surface area contributed by atoms with E-state index in [1.165, 1.54) is 104 Å². The van der Waals surface area contributed by atoms with E-state index >= 15 is 0 Å². The first-order valence-corrected chi connectivity index (χ1v) is 38.3. The molecule has 23 rings (SSSR count). The summed E-state index contributed by atoms with van der Waals surface area (Å²) in [7, 11) is 0. The SMILES string of the molecule is c1ccc(-c2ccccc2N(c2ccc(-c3cccc4c3oc3ccccc34)cc2)c2ccc3c(c2)sc2ccc4c(oc5ccc6c(-c7ccc(-c8ccc(N(c9ccccc9)c9ccc%10c(c9)sc9ccc%11c(oc%12ccc%13ccccc%13c%12%11)c9%10)cc8)c8sc9ccccc9c78)cccc6c54)c23)cc1. The highest BCUT2D eigenvalue weighted by atomic mass is 32.1. The molecule has 17 aromatic carbocycles. The van der Waals surface area contributed by atoms with Gasteiger partial charge in [0.05, 0.1) is 5.69 Å². The Morgan fingerprint density at radius 1 is 0.208 bits per heavy atom. The van der Waals surface area contributed by atoms with Gasteiger partial charge < -0.3 is 23.1 Å². The van der Waals surface area contributed by atoms with Gasteiger partial charge in [0.25, 0.3) is 0 Å². The van der Waals surface area contributed by atoms with Gasteiger partial charge in [0.1, 0.15) is 33.5 Å². The first-order valence-electron chi connectivity index (χ1n) is 35.8. The number of furan rings is 3. The number of hydrogen-bond acceptors (Lipinski definition) is 8. The predicted octanol–water partition coefficient (Wildman–Crippen LogP) is 30.4. The first kappa shape index (κ1) is 59.4. The van der Waals surface area contributed by atoms with Gasteiger partial charge >= 0.3 is 0 Å². The highest BCUT2D eigenvalue weighted by Crippen LogP contribution is 2.53. The minimum atomic E-state index is 0.877. The van der Waals surface area contributed by atoms with E-state index in [4.69, 9.17) is 13.3 Å². The molecule has 0 bridgehead atoms. The lowest BCUT2D eigenvalue weighted by molar-refractivity contribution is 0.670. The van der Waals surface area contributed by atoms with Crippen molar-refractivity contribution in [2.24, 2.45) is 0 Å². The summed E-state index contributed by atoms with van der Waals surface area (Å²) in [5.74, 6) is 0. The van der Waals surface area contributed by atoms with Crippen LogP contribution in [0.3, 0.4) is 0 Å². The van der Waals surface area contributed by atoms with E-state index in [0.717, 1.165) is 122 Å². The van der Waals surface area contributed by atoms with Crippen molar-refractivity contribution in [3.05, 3.63) is 340 Å². The normalized spacial score (nSPS) is 12.2. The smallest absolute Gasteiger partial charge is 0.144 e. The zero-order valence-electron chi connectivity index (χ0n) is 56.7. The summed E-state index contributed by atoms with van der Waals surface area (Å²) in [4.78, 5) is 4.79. The lowest BCUT2D eigenvalue weighted by atomic mass is 9.91. The fourth-order valence-corrected chi connectivity index (χ4v) is 20.7. The second-order valence-electron chi connectivity index (χ2n) is 27.6. The summed E-state index contributed by atoms with van der Waals surface area (Å²) in [6.07, 6.45) is 0. The lowest BCUT2D eigenvalue weighted by Crippen LogP contribution is -2.11. The lowest BCUT2D eigenvalue weighted by Gasteiger charge is -2.28. The maximum atomic E-state index is 7.16. The van der Waals surface area contributed by atoms with Crippen LogP contribution in [-0.2, 0) is 0 Å². The van der Waals surface area contributed by atoms with Crippen molar-refractivity contribution in [1.82, 2.24) is 0 Å². The summed E-state index contributed by atoms with van der Waals surface area (Å²) >= 11 is 5.52. The molecule has 0 aliphatic heterocycles. The number of anilines is 6. The van der Waals surface area contributed by atoms with Gasteiger partial charge in [-0.1, -0.05) is 224 Å². The second kappa shape index (κ2) is 23.2. The van der Waals surface area contributed by atoms with Gasteiger partial charge in [-0.3, -0.25) is 0 Å². The fourth-order valence-electron chi connectivity index (χ4n) is 17.1. The van der Waals surface area contributed by atoms with E-state index in [9.17, 15) is 0 Å². The molecule has 6 aromatic heterocycles. The number of para-hydroxylation sites is 4. The molecule has 5 nitrogen and oxygen atoms in total. The van der Waals surface area contributed by atoms with Crippen LogP contribution in [0.1, 0.15) is 0 Å². The summed E-state index contributed by atoms with van der Waals surface area (Å²) in [6.45, 7) is 0. The molecule has 106 heavy (non-hydrogen) atoms. The Bertz CT molecular complexity index is 7590. The number of hydrogen-bond donors (Lipinski definition) is 0. The number of thiophene rings is 3. The highest BCUT2D eigenvalue weighted by Gasteiger charge is 2.26. The molecule has 8 heteroatoms. The number of benzene rings is 17. The van der Waals surface area contributed by atoms with E-state index in [2.05, 4.69) is 337 Å². The Hall–Kier alpha value is -13.1. The minimum Gasteiger partial charge on any atom is -0.455 e. The fraction of sp³-hybridized carbons (Fsp3) is 0. The maximum absolute atomic E-state index is 7.16. The largest absolute Gasteiger partial charge is 0.455 e. The van der Waals surface area contributed by atoms with Crippen LogP contribution in [0, 0.1) is 0 Å². The maximum Gasteiger partial charge on any atom is 0.144 e. The second-order valence-corrected chi connectivity index (χ2v) is 30.8. The molecule has 0 amide bonds. The van der Waals surface area contributed by atoms with Gasteiger partial charge in [-0.15, -0.1) is 34.0 Å². The van der Waals surface area contributed by atoms with Gasteiger partial charge in [-0.25, -0.2) is 0 Å². The third kappa shape index (κ3) is 8.99. The number of fused-ring (bicyclic) bond motifs is 24. The zero-order chi connectivity index (χ0) is 69.2. The summed E-state index contributed by atoms with van der Waals surface area (Å²) in [5.41, 5.74) is 21.2. The molecule has 0 saturated heterocycles. The first-order chi connectivity index (χ1) is 52.5. The van der Waals surface area contributed by atoms with Crippen LogP contribution in [0.15, 0.2) is 353 Å². The van der Waals surface area contributed by atoms with Crippen molar-refractivity contribution in [3.8, 4) is 44.5 Å². The van der Waals surface area contributed by atoms with E-state index in [-0.39, 0.29) is 0 Å². The van der Waals surface area contributed by atoms with E-state index < -0.39 is 0 Å². The Kier molecular flexibility index (Phi) is 13.0. The Labute approximate surface area is 618 Å². The van der Waals surface area contributed by atoms with Crippen LogP contribution >= 0.6 is 34.0 Å².